The number of imidazole rings is 1. The molecule has 0 spiro atoms. The van der Waals surface area contributed by atoms with Gasteiger partial charge in [-0.3, -0.25) is 4.79 Å². The number of nitrogens with zero attached hydrogens (tertiary/aromatic N) is 2. The van der Waals surface area contributed by atoms with Gasteiger partial charge < -0.3 is 15.2 Å². The van der Waals surface area contributed by atoms with Gasteiger partial charge in [-0.15, -0.1) is 0 Å². The Kier molecular flexibility index (Phi) is 4.36. The third-order valence-corrected chi connectivity index (χ3v) is 3.75. The van der Waals surface area contributed by atoms with Gasteiger partial charge in [0.2, 0.25) is 5.91 Å². The number of amides is 1. The van der Waals surface area contributed by atoms with Crippen molar-refractivity contribution < 1.29 is 4.79 Å². The molecule has 2 heterocycles. The number of hydrogen-bond donors (Lipinski definition) is 2. The van der Waals surface area contributed by atoms with E-state index in [0.717, 1.165) is 25.2 Å². The molecule has 0 saturated carbocycles. The molecule has 2 rings (SSSR count). The molecule has 2 atom stereocenters. The average molecular weight is 250 g/mol. The molecule has 2 N–H and O–H groups in total. The van der Waals surface area contributed by atoms with E-state index in [1.807, 2.05) is 17.8 Å². The van der Waals surface area contributed by atoms with Crippen LogP contribution in [0.1, 0.15) is 32.0 Å². The number of carbonyl (C=O) groups excluding carboxylic acids is 1. The standard InChI is InChI=1S/C13H22N4O/c1-3-10-4-5-14-11(8-10)13(18)16-9-12-15-6-7-17(12)2/h6-7,10-11,14H,3-5,8-9H2,1-2H3,(H,16,18). The fraction of sp³-hybridized carbons (Fsp3) is 0.692. The highest BCUT2D eigenvalue weighted by atomic mass is 16.2. The Hall–Kier alpha value is -1.36. The second-order valence-corrected chi connectivity index (χ2v) is 4.98. The van der Waals surface area contributed by atoms with E-state index < -0.39 is 0 Å². The molecule has 5 heteroatoms. The smallest absolute Gasteiger partial charge is 0.237 e. The van der Waals surface area contributed by atoms with Crippen molar-refractivity contribution in [2.45, 2.75) is 38.8 Å². The van der Waals surface area contributed by atoms with Crippen molar-refractivity contribution in [1.82, 2.24) is 20.2 Å². The summed E-state index contributed by atoms with van der Waals surface area (Å²) in [4.78, 5) is 16.2. The Bertz CT molecular complexity index is 401. The summed E-state index contributed by atoms with van der Waals surface area (Å²) in [6.45, 7) is 3.63. The molecule has 0 bridgehead atoms. The fourth-order valence-corrected chi connectivity index (χ4v) is 2.42. The van der Waals surface area contributed by atoms with Crippen LogP contribution in [0.5, 0.6) is 0 Å². The number of hydrogen-bond acceptors (Lipinski definition) is 3. The van der Waals surface area contributed by atoms with Crippen molar-refractivity contribution in [1.29, 1.82) is 0 Å². The SMILES string of the molecule is CCC1CCNC(C(=O)NCc2nccn2C)C1. The quantitative estimate of drug-likeness (QED) is 0.831. The monoisotopic (exact) mass is 250 g/mol. The molecule has 18 heavy (non-hydrogen) atoms. The van der Waals surface area contributed by atoms with Crippen molar-refractivity contribution >= 4 is 5.91 Å². The van der Waals surface area contributed by atoms with E-state index in [9.17, 15) is 4.79 Å². The van der Waals surface area contributed by atoms with Crippen LogP contribution in [-0.4, -0.2) is 28.0 Å². The largest absolute Gasteiger partial charge is 0.348 e. The van der Waals surface area contributed by atoms with Gasteiger partial charge in [0.25, 0.3) is 0 Å². The Labute approximate surface area is 108 Å². The van der Waals surface area contributed by atoms with Gasteiger partial charge in [0.1, 0.15) is 5.82 Å². The maximum Gasteiger partial charge on any atom is 0.237 e. The lowest BCUT2D eigenvalue weighted by Crippen LogP contribution is -2.48. The van der Waals surface area contributed by atoms with Gasteiger partial charge in [-0.1, -0.05) is 13.3 Å². The van der Waals surface area contributed by atoms with E-state index >= 15 is 0 Å². The van der Waals surface area contributed by atoms with E-state index in [4.69, 9.17) is 0 Å². The highest BCUT2D eigenvalue weighted by molar-refractivity contribution is 5.81. The van der Waals surface area contributed by atoms with Crippen LogP contribution >= 0.6 is 0 Å². The summed E-state index contributed by atoms with van der Waals surface area (Å²) in [6, 6.07) is -0.0380. The second-order valence-electron chi connectivity index (χ2n) is 4.98. The van der Waals surface area contributed by atoms with Crippen LogP contribution in [-0.2, 0) is 18.4 Å². The van der Waals surface area contributed by atoms with Crippen LogP contribution in [0.3, 0.4) is 0 Å². The Morgan fingerprint density at radius 3 is 3.17 bits per heavy atom. The average Bonchev–Trinajstić information content (AvgIpc) is 2.81. The van der Waals surface area contributed by atoms with Crippen LogP contribution in [0.25, 0.3) is 0 Å². The number of carbonyl (C=O) groups is 1. The predicted molar refractivity (Wildman–Crippen MR) is 69.9 cm³/mol. The molecule has 1 amide bonds. The molecule has 1 aromatic rings. The molecule has 1 fully saturated rings. The summed E-state index contributed by atoms with van der Waals surface area (Å²) in [5, 5.41) is 6.24. The van der Waals surface area contributed by atoms with Gasteiger partial charge in [0.05, 0.1) is 12.6 Å². The normalized spacial score (nSPS) is 23.9. The lowest BCUT2D eigenvalue weighted by molar-refractivity contribution is -0.124. The van der Waals surface area contributed by atoms with E-state index in [1.54, 1.807) is 6.20 Å². The van der Waals surface area contributed by atoms with Crippen molar-refractivity contribution in [3.8, 4) is 0 Å². The molecule has 1 saturated heterocycles. The molecule has 2 unspecified atom stereocenters. The lowest BCUT2D eigenvalue weighted by atomic mass is 9.90. The van der Waals surface area contributed by atoms with Crippen LogP contribution in [0.4, 0.5) is 0 Å². The summed E-state index contributed by atoms with van der Waals surface area (Å²) in [7, 11) is 1.93. The first-order valence-corrected chi connectivity index (χ1v) is 6.68. The molecular formula is C13H22N4O. The summed E-state index contributed by atoms with van der Waals surface area (Å²) in [5.41, 5.74) is 0. The van der Waals surface area contributed by atoms with Crippen LogP contribution in [0.2, 0.25) is 0 Å². The van der Waals surface area contributed by atoms with Gasteiger partial charge in [-0.05, 0) is 25.3 Å². The maximum absolute atomic E-state index is 12.1. The molecular weight excluding hydrogens is 228 g/mol. The highest BCUT2D eigenvalue weighted by Crippen LogP contribution is 2.19. The zero-order valence-corrected chi connectivity index (χ0v) is 11.1. The number of aryl methyl sites for hydroxylation is 1. The highest BCUT2D eigenvalue weighted by Gasteiger charge is 2.25. The Balaban J connectivity index is 1.82. The summed E-state index contributed by atoms with van der Waals surface area (Å²) >= 11 is 0. The fourth-order valence-electron chi connectivity index (χ4n) is 2.42. The van der Waals surface area contributed by atoms with Crippen LogP contribution in [0, 0.1) is 5.92 Å². The number of nitrogens with one attached hydrogen (secondary N) is 2. The Morgan fingerprint density at radius 2 is 2.50 bits per heavy atom. The molecule has 0 aromatic carbocycles. The minimum atomic E-state index is -0.0380. The van der Waals surface area contributed by atoms with Gasteiger partial charge in [-0.2, -0.15) is 0 Å². The van der Waals surface area contributed by atoms with E-state index in [0.29, 0.717) is 12.5 Å². The molecule has 0 radical (unpaired) electrons. The predicted octanol–water partition coefficient (Wildman–Crippen LogP) is 0.814. The number of aromatic nitrogens is 2. The topological polar surface area (TPSA) is 59.0 Å². The molecule has 0 aliphatic carbocycles. The van der Waals surface area contributed by atoms with Gasteiger partial charge in [-0.25, -0.2) is 4.98 Å². The molecule has 100 valence electrons. The minimum Gasteiger partial charge on any atom is -0.348 e. The van der Waals surface area contributed by atoms with Gasteiger partial charge in [0, 0.05) is 19.4 Å². The summed E-state index contributed by atoms with van der Waals surface area (Å²) in [6.07, 6.45) is 6.91. The third kappa shape index (κ3) is 3.10. The second kappa shape index (κ2) is 6.00. The number of rotatable bonds is 4. The van der Waals surface area contributed by atoms with Crippen LogP contribution < -0.4 is 10.6 Å². The molecule has 5 nitrogen and oxygen atoms in total. The molecule has 1 aromatic heterocycles. The first-order chi connectivity index (χ1) is 8.70. The van der Waals surface area contributed by atoms with Gasteiger partial charge in [0.15, 0.2) is 0 Å². The van der Waals surface area contributed by atoms with E-state index in [2.05, 4.69) is 22.5 Å². The van der Waals surface area contributed by atoms with Crippen molar-refractivity contribution in [2.75, 3.05) is 6.54 Å². The summed E-state index contributed by atoms with van der Waals surface area (Å²) < 4.78 is 1.92. The number of piperidine rings is 1. The molecule has 1 aliphatic heterocycles. The van der Waals surface area contributed by atoms with Gasteiger partial charge >= 0.3 is 0 Å². The third-order valence-electron chi connectivity index (χ3n) is 3.75. The zero-order valence-electron chi connectivity index (χ0n) is 11.1. The van der Waals surface area contributed by atoms with E-state index in [1.165, 1.54) is 6.42 Å². The van der Waals surface area contributed by atoms with E-state index in [-0.39, 0.29) is 11.9 Å². The van der Waals surface area contributed by atoms with Crippen molar-refractivity contribution in [3.63, 3.8) is 0 Å². The first-order valence-electron chi connectivity index (χ1n) is 6.68. The molecule has 1 aliphatic rings. The lowest BCUT2D eigenvalue weighted by Gasteiger charge is -2.28. The summed E-state index contributed by atoms with van der Waals surface area (Å²) in [5.74, 6) is 1.65. The van der Waals surface area contributed by atoms with Crippen LogP contribution in [0.15, 0.2) is 12.4 Å². The Morgan fingerprint density at radius 1 is 1.67 bits per heavy atom. The first kappa shape index (κ1) is 13.1. The van der Waals surface area contributed by atoms with Crippen molar-refractivity contribution in [2.24, 2.45) is 13.0 Å². The zero-order chi connectivity index (χ0) is 13.0. The minimum absolute atomic E-state index is 0.0380. The maximum atomic E-state index is 12.1. The van der Waals surface area contributed by atoms with Crippen molar-refractivity contribution in [3.05, 3.63) is 18.2 Å².